The van der Waals surface area contributed by atoms with Crippen molar-refractivity contribution in [3.63, 3.8) is 0 Å². The van der Waals surface area contributed by atoms with Gasteiger partial charge in [-0.3, -0.25) is 9.69 Å². The predicted octanol–water partition coefficient (Wildman–Crippen LogP) is 3.93. The molecule has 1 aliphatic rings. The van der Waals surface area contributed by atoms with Crippen molar-refractivity contribution < 1.29 is 14.3 Å². The first kappa shape index (κ1) is 16.2. The molecule has 0 radical (unpaired) electrons. The minimum absolute atomic E-state index is 0.216. The summed E-state index contributed by atoms with van der Waals surface area (Å²) in [6.07, 6.45) is 1.78. The van der Waals surface area contributed by atoms with Crippen LogP contribution in [-0.4, -0.2) is 19.0 Å². The molecule has 0 unspecified atom stereocenters. The van der Waals surface area contributed by atoms with Crippen LogP contribution in [0.25, 0.3) is 6.08 Å². The number of aryl methyl sites for hydroxylation is 1. The molecule has 0 fully saturated rings. The highest BCUT2D eigenvalue weighted by atomic mass is 32.1. The van der Waals surface area contributed by atoms with E-state index in [0.29, 0.717) is 16.8 Å². The lowest BCUT2D eigenvalue weighted by molar-refractivity contribution is -0.136. The molecule has 4 nitrogen and oxygen atoms in total. The average molecular weight is 339 g/mol. The number of benzene rings is 1. The van der Waals surface area contributed by atoms with Gasteiger partial charge in [0.1, 0.15) is 0 Å². The summed E-state index contributed by atoms with van der Waals surface area (Å²) >= 11 is 1.54. The Bertz CT molecular complexity index is 862. The first-order valence-electron chi connectivity index (χ1n) is 7.49. The average Bonchev–Trinajstić information content (AvgIpc) is 3.10. The summed E-state index contributed by atoms with van der Waals surface area (Å²) in [7, 11) is 1.33. The van der Waals surface area contributed by atoms with E-state index in [1.807, 2.05) is 48.7 Å². The number of para-hydroxylation sites is 1. The van der Waals surface area contributed by atoms with E-state index >= 15 is 0 Å². The fourth-order valence-corrected chi connectivity index (χ4v) is 3.59. The van der Waals surface area contributed by atoms with Crippen LogP contribution in [-0.2, 0) is 14.3 Å². The predicted molar refractivity (Wildman–Crippen MR) is 95.7 cm³/mol. The maximum absolute atomic E-state index is 13.0. The summed E-state index contributed by atoms with van der Waals surface area (Å²) in [5.41, 5.74) is 3.07. The number of ether oxygens (including phenoxy) is 1. The van der Waals surface area contributed by atoms with Crippen LogP contribution in [0.4, 0.5) is 5.69 Å². The minimum atomic E-state index is -0.500. The second-order valence-electron chi connectivity index (χ2n) is 5.45. The molecule has 0 N–H and O–H groups in total. The van der Waals surface area contributed by atoms with Crippen molar-refractivity contribution in [1.29, 1.82) is 0 Å². The summed E-state index contributed by atoms with van der Waals surface area (Å²) in [5, 5.41) is 1.96. The van der Waals surface area contributed by atoms with Crippen LogP contribution >= 0.6 is 11.3 Å². The zero-order valence-electron chi connectivity index (χ0n) is 13.7. The Balaban J connectivity index is 2.16. The van der Waals surface area contributed by atoms with Crippen LogP contribution in [0.1, 0.15) is 17.4 Å². The van der Waals surface area contributed by atoms with Gasteiger partial charge >= 0.3 is 5.97 Å². The molecule has 1 aromatic heterocycles. The van der Waals surface area contributed by atoms with Gasteiger partial charge in [0.2, 0.25) is 0 Å². The van der Waals surface area contributed by atoms with Crippen LogP contribution in [0.15, 0.2) is 58.6 Å². The minimum Gasteiger partial charge on any atom is -0.465 e. The van der Waals surface area contributed by atoms with Crippen LogP contribution < -0.4 is 4.90 Å². The van der Waals surface area contributed by atoms with Crippen LogP contribution in [0.3, 0.4) is 0 Å². The van der Waals surface area contributed by atoms with Crippen molar-refractivity contribution in [3.8, 4) is 0 Å². The second-order valence-corrected chi connectivity index (χ2v) is 6.40. The van der Waals surface area contributed by atoms with Crippen LogP contribution in [0.2, 0.25) is 0 Å². The smallest absolute Gasteiger partial charge is 0.340 e. The van der Waals surface area contributed by atoms with E-state index in [9.17, 15) is 9.59 Å². The van der Waals surface area contributed by atoms with E-state index in [0.717, 1.165) is 16.1 Å². The lowest BCUT2D eigenvalue weighted by Crippen LogP contribution is -2.24. The normalized spacial score (nSPS) is 16.2. The third kappa shape index (κ3) is 2.67. The maximum Gasteiger partial charge on any atom is 0.340 e. The van der Waals surface area contributed by atoms with E-state index in [-0.39, 0.29) is 5.91 Å². The number of rotatable bonds is 3. The number of carbonyl (C=O) groups is 2. The number of amides is 1. The molecule has 0 atom stereocenters. The van der Waals surface area contributed by atoms with Gasteiger partial charge in [-0.05, 0) is 49.1 Å². The number of hydrogen-bond donors (Lipinski definition) is 0. The van der Waals surface area contributed by atoms with Gasteiger partial charge in [-0.15, -0.1) is 11.3 Å². The van der Waals surface area contributed by atoms with Crippen molar-refractivity contribution in [1.82, 2.24) is 0 Å². The van der Waals surface area contributed by atoms with Crippen molar-refractivity contribution in [2.75, 3.05) is 12.0 Å². The SMILES string of the molecule is COC(=O)C1=C(C)N(c2ccccc2)C(=O)/C1=C\c1sccc1C. The molecule has 5 heteroatoms. The number of allylic oxidation sites excluding steroid dienone is 1. The highest BCUT2D eigenvalue weighted by molar-refractivity contribution is 7.11. The lowest BCUT2D eigenvalue weighted by atomic mass is 10.1. The fourth-order valence-electron chi connectivity index (χ4n) is 2.73. The van der Waals surface area contributed by atoms with Gasteiger partial charge in [-0.2, -0.15) is 0 Å². The number of carbonyl (C=O) groups excluding carboxylic acids is 2. The molecule has 1 aromatic carbocycles. The highest BCUT2D eigenvalue weighted by Crippen LogP contribution is 2.36. The Morgan fingerprint density at radius 1 is 1.17 bits per heavy atom. The molecule has 2 aromatic rings. The number of esters is 1. The monoisotopic (exact) mass is 339 g/mol. The molecule has 3 rings (SSSR count). The highest BCUT2D eigenvalue weighted by Gasteiger charge is 2.37. The van der Waals surface area contributed by atoms with E-state index in [4.69, 9.17) is 4.74 Å². The first-order valence-corrected chi connectivity index (χ1v) is 8.37. The van der Waals surface area contributed by atoms with Gasteiger partial charge in [0.25, 0.3) is 5.91 Å². The number of hydrogen-bond acceptors (Lipinski definition) is 4. The molecule has 0 aliphatic carbocycles. The molecule has 1 aliphatic heterocycles. The lowest BCUT2D eigenvalue weighted by Gasteiger charge is -2.17. The van der Waals surface area contributed by atoms with Gasteiger partial charge in [0.05, 0.1) is 18.3 Å². The molecular weight excluding hydrogens is 322 g/mol. The largest absolute Gasteiger partial charge is 0.465 e. The Morgan fingerprint density at radius 2 is 1.88 bits per heavy atom. The van der Waals surface area contributed by atoms with Gasteiger partial charge < -0.3 is 4.74 Å². The third-order valence-corrected chi connectivity index (χ3v) is 4.95. The summed E-state index contributed by atoms with van der Waals surface area (Å²) in [5.74, 6) is -0.716. The van der Waals surface area contributed by atoms with Crippen molar-refractivity contribution in [2.24, 2.45) is 0 Å². The summed E-state index contributed by atoms with van der Waals surface area (Å²) in [4.78, 5) is 27.8. The number of nitrogens with zero attached hydrogens (tertiary/aromatic N) is 1. The molecule has 0 saturated heterocycles. The Kier molecular flexibility index (Phi) is 4.36. The van der Waals surface area contributed by atoms with E-state index < -0.39 is 5.97 Å². The molecule has 24 heavy (non-hydrogen) atoms. The zero-order chi connectivity index (χ0) is 17.3. The molecular formula is C19H17NO3S. The Labute approximate surface area is 144 Å². The molecule has 0 saturated carbocycles. The van der Waals surface area contributed by atoms with Crippen LogP contribution in [0.5, 0.6) is 0 Å². The standard InChI is InChI=1S/C19H17NO3S/c1-12-9-10-24-16(12)11-15-17(19(22)23-3)13(2)20(18(15)21)14-7-5-4-6-8-14/h4-11H,1-3H3/b15-11-. The number of anilines is 1. The topological polar surface area (TPSA) is 46.6 Å². The Hall–Kier alpha value is -2.66. The summed E-state index contributed by atoms with van der Waals surface area (Å²) < 4.78 is 4.90. The molecule has 122 valence electrons. The van der Waals surface area contributed by atoms with Crippen molar-refractivity contribution in [3.05, 3.63) is 69.1 Å². The van der Waals surface area contributed by atoms with Gasteiger partial charge in [-0.25, -0.2) is 4.79 Å². The molecule has 0 spiro atoms. The second kappa shape index (κ2) is 6.45. The quantitative estimate of drug-likeness (QED) is 0.629. The van der Waals surface area contributed by atoms with Gasteiger partial charge in [0, 0.05) is 16.3 Å². The van der Waals surface area contributed by atoms with E-state index in [1.54, 1.807) is 17.9 Å². The third-order valence-electron chi connectivity index (χ3n) is 3.98. The Morgan fingerprint density at radius 3 is 2.46 bits per heavy atom. The van der Waals surface area contributed by atoms with Crippen molar-refractivity contribution in [2.45, 2.75) is 13.8 Å². The number of thiophene rings is 1. The van der Waals surface area contributed by atoms with Gasteiger partial charge in [0.15, 0.2) is 0 Å². The summed E-state index contributed by atoms with van der Waals surface area (Å²) in [6.45, 7) is 3.74. The molecule has 0 bridgehead atoms. The van der Waals surface area contributed by atoms with E-state index in [1.165, 1.54) is 18.4 Å². The zero-order valence-corrected chi connectivity index (χ0v) is 14.5. The van der Waals surface area contributed by atoms with E-state index in [2.05, 4.69) is 0 Å². The van der Waals surface area contributed by atoms with Crippen molar-refractivity contribution >= 4 is 35.0 Å². The summed E-state index contributed by atoms with van der Waals surface area (Å²) in [6, 6.07) is 11.3. The molecule has 1 amide bonds. The van der Waals surface area contributed by atoms with Crippen LogP contribution in [0, 0.1) is 6.92 Å². The first-order chi connectivity index (χ1) is 11.5. The maximum atomic E-state index is 13.0. The number of methoxy groups -OCH3 is 1. The molecule has 2 heterocycles. The fraction of sp³-hybridized carbons (Fsp3) is 0.158. The van der Waals surface area contributed by atoms with Gasteiger partial charge in [-0.1, -0.05) is 18.2 Å².